The summed E-state index contributed by atoms with van der Waals surface area (Å²) in [6.45, 7) is 2.11. The Morgan fingerprint density at radius 2 is 1.62 bits per heavy atom. The van der Waals surface area contributed by atoms with Crippen molar-refractivity contribution in [2.45, 2.75) is 96.5 Å². The number of carboxylic acid groups (broad SMARTS) is 1. The monoisotopic (exact) mass is 401 g/mol. The summed E-state index contributed by atoms with van der Waals surface area (Å²) < 4.78 is 35.4. The standard InChI is InChI=1S/C18H34O6S.Na/c1-2-3-4-11-14-17(24-25(21,22)23)15-12-9-7-5-6-8-10-13-16-18(19)20;/h9,12,17H,2-8,10-11,13-16H2,1H3,(H,19,20)(H,21,22,23);/b12-9-;/t17-;/m1./s1. The number of rotatable bonds is 17. The smallest absolute Gasteiger partial charge is 0.397 e. The molecule has 0 unspecified atom stereocenters. The molecule has 1 atom stereocenters. The van der Waals surface area contributed by atoms with Crippen molar-refractivity contribution >= 4 is 45.9 Å². The van der Waals surface area contributed by atoms with Crippen molar-refractivity contribution in [1.82, 2.24) is 0 Å². The summed E-state index contributed by atoms with van der Waals surface area (Å²) in [4.78, 5) is 10.4. The first kappa shape index (κ1) is 28.3. The Bertz CT molecular complexity index is 464. The van der Waals surface area contributed by atoms with Crippen LogP contribution in [-0.2, 0) is 19.4 Å². The van der Waals surface area contributed by atoms with Crippen LogP contribution in [0, 0.1) is 0 Å². The van der Waals surface area contributed by atoms with Gasteiger partial charge in [0.05, 0.1) is 6.10 Å². The molecule has 0 amide bonds. The van der Waals surface area contributed by atoms with Gasteiger partial charge in [0.25, 0.3) is 0 Å². The Kier molecular flexibility index (Phi) is 20.1. The molecule has 0 aliphatic rings. The van der Waals surface area contributed by atoms with E-state index >= 15 is 0 Å². The fraction of sp³-hybridized carbons (Fsp3) is 0.833. The predicted octanol–water partition coefficient (Wildman–Crippen LogP) is 4.53. The van der Waals surface area contributed by atoms with Crippen LogP contribution in [0.25, 0.3) is 0 Å². The zero-order chi connectivity index (χ0) is 19.0. The maximum absolute atomic E-state index is 10.9. The molecule has 0 aliphatic heterocycles. The van der Waals surface area contributed by atoms with Crippen LogP contribution < -0.4 is 0 Å². The first-order valence-electron chi connectivity index (χ1n) is 9.37. The van der Waals surface area contributed by atoms with E-state index in [1.165, 1.54) is 0 Å². The normalized spacial score (nSPS) is 12.8. The number of hydrogen-bond donors (Lipinski definition) is 2. The molecule has 0 aromatic rings. The Hall–Kier alpha value is 0.0800. The van der Waals surface area contributed by atoms with Gasteiger partial charge in [-0.2, -0.15) is 8.42 Å². The fourth-order valence-corrected chi connectivity index (χ4v) is 3.13. The Labute approximate surface area is 181 Å². The molecule has 26 heavy (non-hydrogen) atoms. The van der Waals surface area contributed by atoms with Gasteiger partial charge in [0.1, 0.15) is 0 Å². The second-order valence-corrected chi connectivity index (χ2v) is 7.45. The van der Waals surface area contributed by atoms with Gasteiger partial charge < -0.3 is 5.11 Å². The van der Waals surface area contributed by atoms with Gasteiger partial charge in [0.2, 0.25) is 0 Å². The molecule has 0 aliphatic carbocycles. The van der Waals surface area contributed by atoms with Crippen LogP contribution in [0.4, 0.5) is 0 Å². The third-order valence-corrected chi connectivity index (χ3v) is 4.48. The van der Waals surface area contributed by atoms with Crippen molar-refractivity contribution in [2.24, 2.45) is 0 Å². The number of carboxylic acids is 1. The molecule has 6 nitrogen and oxygen atoms in total. The summed E-state index contributed by atoms with van der Waals surface area (Å²) >= 11 is 0. The van der Waals surface area contributed by atoms with E-state index in [0.29, 0.717) is 12.8 Å². The minimum atomic E-state index is -4.41. The van der Waals surface area contributed by atoms with E-state index in [-0.39, 0.29) is 36.0 Å². The van der Waals surface area contributed by atoms with Crippen LogP contribution in [0.1, 0.15) is 90.4 Å². The Balaban J connectivity index is 0. The average molecular weight is 402 g/mol. The van der Waals surface area contributed by atoms with Gasteiger partial charge in [-0.25, -0.2) is 4.18 Å². The second kappa shape index (κ2) is 18.4. The van der Waals surface area contributed by atoms with Gasteiger partial charge in [0.15, 0.2) is 0 Å². The fourth-order valence-electron chi connectivity index (χ4n) is 2.61. The zero-order valence-corrected chi connectivity index (χ0v) is 19.2. The quantitative estimate of drug-likeness (QED) is 0.161. The van der Waals surface area contributed by atoms with Gasteiger partial charge in [-0.05, 0) is 32.1 Å². The van der Waals surface area contributed by atoms with E-state index in [4.69, 9.17) is 13.8 Å². The number of hydrogen-bond acceptors (Lipinski definition) is 4. The molecule has 1 radical (unpaired) electrons. The van der Waals surface area contributed by atoms with Crippen LogP contribution in [0.3, 0.4) is 0 Å². The summed E-state index contributed by atoms with van der Waals surface area (Å²) in [5, 5.41) is 8.54. The van der Waals surface area contributed by atoms with Crippen LogP contribution in [0.2, 0.25) is 0 Å². The summed E-state index contributed by atoms with van der Waals surface area (Å²) in [5.74, 6) is -0.737. The Morgan fingerprint density at radius 3 is 2.23 bits per heavy atom. The van der Waals surface area contributed by atoms with Gasteiger partial charge >= 0.3 is 16.4 Å². The van der Waals surface area contributed by atoms with Gasteiger partial charge in [-0.1, -0.05) is 64.0 Å². The minimum Gasteiger partial charge on any atom is -0.481 e. The van der Waals surface area contributed by atoms with E-state index in [0.717, 1.165) is 64.2 Å². The van der Waals surface area contributed by atoms with Gasteiger partial charge in [-0.3, -0.25) is 9.35 Å². The average Bonchev–Trinajstić information content (AvgIpc) is 2.51. The summed E-state index contributed by atoms with van der Waals surface area (Å²) in [5.41, 5.74) is 0. The maximum Gasteiger partial charge on any atom is 0.397 e. The maximum atomic E-state index is 10.9. The Morgan fingerprint density at radius 1 is 1.00 bits per heavy atom. The van der Waals surface area contributed by atoms with Gasteiger partial charge in [0, 0.05) is 36.0 Å². The molecule has 0 aromatic heterocycles. The van der Waals surface area contributed by atoms with Crippen molar-refractivity contribution in [3.63, 3.8) is 0 Å². The number of carbonyl (C=O) groups is 1. The molecule has 0 bridgehead atoms. The van der Waals surface area contributed by atoms with E-state index in [9.17, 15) is 13.2 Å². The molecule has 0 saturated heterocycles. The molecule has 0 fully saturated rings. The molecular formula is C18H34NaO6S. The van der Waals surface area contributed by atoms with E-state index < -0.39 is 22.5 Å². The summed E-state index contributed by atoms with van der Waals surface area (Å²) in [7, 11) is -4.41. The minimum absolute atomic E-state index is 0. The molecule has 0 aromatic carbocycles. The number of aliphatic carboxylic acids is 1. The third-order valence-electron chi connectivity index (χ3n) is 3.96. The van der Waals surface area contributed by atoms with Crippen LogP contribution in [0.5, 0.6) is 0 Å². The number of allylic oxidation sites excluding steroid dienone is 1. The van der Waals surface area contributed by atoms with E-state index in [2.05, 4.69) is 6.92 Å². The number of unbranched alkanes of at least 4 members (excludes halogenated alkanes) is 8. The van der Waals surface area contributed by atoms with Crippen LogP contribution in [-0.4, -0.2) is 59.7 Å². The molecular weight excluding hydrogens is 367 g/mol. The summed E-state index contributed by atoms with van der Waals surface area (Å²) in [6.07, 6.45) is 14.6. The molecule has 2 N–H and O–H groups in total. The molecule has 0 rings (SSSR count). The molecule has 0 heterocycles. The second-order valence-electron chi connectivity index (χ2n) is 6.40. The van der Waals surface area contributed by atoms with Crippen molar-refractivity contribution in [3.8, 4) is 0 Å². The zero-order valence-electron chi connectivity index (χ0n) is 16.4. The van der Waals surface area contributed by atoms with Crippen LogP contribution >= 0.6 is 0 Å². The molecule has 0 spiro atoms. The SMILES string of the molecule is CCCCCC[C@H](C/C=C\CCCCCCCC(=O)O)OS(=O)(=O)O.[Na]. The topological polar surface area (TPSA) is 101 Å². The molecule has 8 heteroatoms. The van der Waals surface area contributed by atoms with Crippen LogP contribution in [0.15, 0.2) is 12.2 Å². The van der Waals surface area contributed by atoms with Gasteiger partial charge in [-0.15, -0.1) is 0 Å². The van der Waals surface area contributed by atoms with Crippen molar-refractivity contribution in [3.05, 3.63) is 12.2 Å². The van der Waals surface area contributed by atoms with E-state index in [1.807, 2.05) is 12.2 Å². The van der Waals surface area contributed by atoms with Crippen molar-refractivity contribution in [2.75, 3.05) is 0 Å². The predicted molar refractivity (Wildman–Crippen MR) is 105 cm³/mol. The van der Waals surface area contributed by atoms with E-state index in [1.54, 1.807) is 0 Å². The van der Waals surface area contributed by atoms with Crippen molar-refractivity contribution < 1.29 is 27.1 Å². The summed E-state index contributed by atoms with van der Waals surface area (Å²) in [6, 6.07) is 0. The largest absolute Gasteiger partial charge is 0.481 e. The third kappa shape index (κ3) is 22.1. The first-order valence-corrected chi connectivity index (χ1v) is 10.7. The molecule has 0 saturated carbocycles. The van der Waals surface area contributed by atoms with Crippen molar-refractivity contribution in [1.29, 1.82) is 0 Å². The molecule has 149 valence electrons. The first-order chi connectivity index (χ1) is 11.8.